The van der Waals surface area contributed by atoms with Gasteiger partial charge in [-0.05, 0) is 38.2 Å². The van der Waals surface area contributed by atoms with Gasteiger partial charge in [0.25, 0.3) is 5.91 Å². The lowest BCUT2D eigenvalue weighted by Gasteiger charge is -2.42. The van der Waals surface area contributed by atoms with Gasteiger partial charge in [-0.1, -0.05) is 12.8 Å². The number of carbonyl (C=O) groups excluding carboxylic acids is 2. The van der Waals surface area contributed by atoms with Gasteiger partial charge in [0, 0.05) is 25.7 Å². The van der Waals surface area contributed by atoms with Gasteiger partial charge in [-0.15, -0.1) is 0 Å². The first kappa shape index (κ1) is 15.5. The van der Waals surface area contributed by atoms with E-state index in [2.05, 4.69) is 15.1 Å². The summed E-state index contributed by atoms with van der Waals surface area (Å²) >= 11 is 0. The highest BCUT2D eigenvalue weighted by Gasteiger charge is 2.50. The number of aromatic nitrogens is 2. The molecule has 24 heavy (non-hydrogen) atoms. The molecule has 1 aliphatic carbocycles. The molecule has 1 unspecified atom stereocenters. The van der Waals surface area contributed by atoms with Crippen LogP contribution >= 0.6 is 0 Å². The van der Waals surface area contributed by atoms with Crippen LogP contribution < -0.4 is 0 Å². The molecule has 1 aromatic heterocycles. The lowest BCUT2D eigenvalue weighted by molar-refractivity contribution is -0.148. The van der Waals surface area contributed by atoms with Crippen molar-refractivity contribution in [1.29, 1.82) is 0 Å². The van der Waals surface area contributed by atoms with Crippen LogP contribution in [0, 0.1) is 5.41 Å². The maximum Gasteiger partial charge on any atom is 0.255 e. The molecule has 128 valence electrons. The molecule has 2 amide bonds. The molecule has 6 heteroatoms. The van der Waals surface area contributed by atoms with Crippen molar-refractivity contribution in [3.63, 3.8) is 0 Å². The highest BCUT2D eigenvalue weighted by Crippen LogP contribution is 2.42. The number of likely N-dealkylation sites (tertiary alicyclic amines) is 2. The number of rotatable bonds is 2. The summed E-state index contributed by atoms with van der Waals surface area (Å²) in [5.74, 6) is 0.261. The fraction of sp³-hybridized carbons (Fsp3) is 0.667. The Morgan fingerprint density at radius 1 is 1.12 bits per heavy atom. The average molecular weight is 328 g/mol. The molecular weight excluding hydrogens is 304 g/mol. The minimum absolute atomic E-state index is 0.0347. The van der Waals surface area contributed by atoms with Crippen LogP contribution in [0.3, 0.4) is 0 Å². The van der Waals surface area contributed by atoms with Crippen LogP contribution in [0.25, 0.3) is 0 Å². The van der Waals surface area contributed by atoms with Crippen molar-refractivity contribution in [3.05, 3.63) is 24.0 Å². The van der Waals surface area contributed by atoms with Gasteiger partial charge < -0.3 is 9.80 Å². The van der Waals surface area contributed by atoms with Crippen molar-refractivity contribution in [1.82, 2.24) is 20.0 Å². The Morgan fingerprint density at radius 2 is 1.96 bits per heavy atom. The predicted molar refractivity (Wildman–Crippen MR) is 88.2 cm³/mol. The first-order valence-corrected chi connectivity index (χ1v) is 9.07. The molecular formula is C18H24N4O2. The number of amides is 2. The second-order valence-electron chi connectivity index (χ2n) is 7.43. The summed E-state index contributed by atoms with van der Waals surface area (Å²) in [5, 5.41) is 7.51. The van der Waals surface area contributed by atoms with Crippen LogP contribution in [-0.4, -0.2) is 57.5 Å². The van der Waals surface area contributed by atoms with Crippen molar-refractivity contribution >= 4 is 11.8 Å². The maximum absolute atomic E-state index is 13.2. The van der Waals surface area contributed by atoms with Crippen LogP contribution in [0.5, 0.6) is 0 Å². The molecule has 0 bridgehead atoms. The maximum atomic E-state index is 13.2. The Kier molecular flexibility index (Phi) is 3.98. The lowest BCUT2D eigenvalue weighted by Crippen LogP contribution is -2.53. The van der Waals surface area contributed by atoms with Crippen molar-refractivity contribution < 1.29 is 9.59 Å². The summed E-state index contributed by atoms with van der Waals surface area (Å²) in [6, 6.07) is 2.12. The smallest absolute Gasteiger partial charge is 0.255 e. The molecule has 1 aromatic rings. The van der Waals surface area contributed by atoms with Gasteiger partial charge in [0.05, 0.1) is 23.4 Å². The third-order valence-corrected chi connectivity index (χ3v) is 6.01. The van der Waals surface area contributed by atoms with E-state index in [9.17, 15) is 9.59 Å². The molecule has 6 nitrogen and oxygen atoms in total. The third-order valence-electron chi connectivity index (χ3n) is 6.01. The molecule has 3 fully saturated rings. The monoisotopic (exact) mass is 328 g/mol. The Morgan fingerprint density at radius 3 is 2.71 bits per heavy atom. The topological polar surface area (TPSA) is 66.4 Å². The normalized spacial score (nSPS) is 28.1. The third kappa shape index (κ3) is 2.58. The van der Waals surface area contributed by atoms with Crippen molar-refractivity contribution in [2.24, 2.45) is 5.41 Å². The number of piperidine rings is 1. The largest absolute Gasteiger partial charge is 0.339 e. The van der Waals surface area contributed by atoms with Crippen molar-refractivity contribution in [3.8, 4) is 0 Å². The fourth-order valence-electron chi connectivity index (χ4n) is 4.69. The van der Waals surface area contributed by atoms with Crippen molar-refractivity contribution in [2.75, 3.05) is 19.6 Å². The zero-order chi connectivity index (χ0) is 16.6. The number of nitrogens with zero attached hydrogens (tertiary/aromatic N) is 4. The van der Waals surface area contributed by atoms with Crippen LogP contribution in [0.1, 0.15) is 55.3 Å². The highest BCUT2D eigenvalue weighted by atomic mass is 16.2. The molecule has 2 saturated heterocycles. The van der Waals surface area contributed by atoms with E-state index in [-0.39, 0.29) is 11.3 Å². The second kappa shape index (κ2) is 6.15. The molecule has 0 aromatic carbocycles. The molecule has 0 radical (unpaired) electrons. The van der Waals surface area contributed by atoms with Crippen LogP contribution in [0.15, 0.2) is 18.5 Å². The molecule has 2 aliphatic heterocycles. The summed E-state index contributed by atoms with van der Waals surface area (Å²) in [5.41, 5.74) is 0.203. The summed E-state index contributed by atoms with van der Waals surface area (Å²) in [7, 11) is 0. The van der Waals surface area contributed by atoms with E-state index in [0.717, 1.165) is 38.6 Å². The lowest BCUT2D eigenvalue weighted by atomic mass is 9.77. The fourth-order valence-corrected chi connectivity index (χ4v) is 4.69. The van der Waals surface area contributed by atoms with Crippen LogP contribution in [0.2, 0.25) is 0 Å². The van der Waals surface area contributed by atoms with Gasteiger partial charge in [0.1, 0.15) is 0 Å². The molecule has 3 heterocycles. The Balaban J connectivity index is 1.50. The standard InChI is InChI=1S/C18H24N4O2/c23-16(14-6-9-19-20-12-14)21-11-8-18(13-21)7-3-10-22(17(18)24)15-4-1-2-5-15/h6,9,12,15H,1-5,7-8,10-11,13H2. The van der Waals surface area contributed by atoms with E-state index in [4.69, 9.17) is 0 Å². The Bertz CT molecular complexity index is 629. The number of hydrogen-bond acceptors (Lipinski definition) is 4. The molecule has 0 N–H and O–H groups in total. The first-order valence-electron chi connectivity index (χ1n) is 9.07. The van der Waals surface area contributed by atoms with Gasteiger partial charge in [-0.2, -0.15) is 10.2 Å². The number of hydrogen-bond donors (Lipinski definition) is 0. The predicted octanol–water partition coefficient (Wildman–Crippen LogP) is 1.87. The highest BCUT2D eigenvalue weighted by molar-refractivity contribution is 5.95. The van der Waals surface area contributed by atoms with Crippen molar-refractivity contribution in [2.45, 2.75) is 51.0 Å². The number of carbonyl (C=O) groups is 2. The van der Waals surface area contributed by atoms with Gasteiger partial charge in [-0.3, -0.25) is 9.59 Å². The SMILES string of the molecule is O=C(c1ccnnc1)N1CCC2(CCCN(C3CCCC3)C2=O)C1. The summed E-state index contributed by atoms with van der Waals surface area (Å²) < 4.78 is 0. The minimum Gasteiger partial charge on any atom is -0.339 e. The van der Waals surface area contributed by atoms with E-state index < -0.39 is 0 Å². The van der Waals surface area contributed by atoms with Gasteiger partial charge in [0.15, 0.2) is 0 Å². The summed E-state index contributed by atoms with van der Waals surface area (Å²) in [6.45, 7) is 2.11. The first-order chi connectivity index (χ1) is 11.7. The van der Waals surface area contributed by atoms with E-state index in [1.165, 1.54) is 25.2 Å². The van der Waals surface area contributed by atoms with Gasteiger partial charge >= 0.3 is 0 Å². The minimum atomic E-state index is -0.350. The molecule has 4 rings (SSSR count). The molecule has 1 saturated carbocycles. The molecule has 1 spiro atoms. The summed E-state index contributed by atoms with van der Waals surface area (Å²) in [4.78, 5) is 29.8. The zero-order valence-corrected chi connectivity index (χ0v) is 14.0. The average Bonchev–Trinajstić information content (AvgIpc) is 3.29. The van der Waals surface area contributed by atoms with E-state index >= 15 is 0 Å². The van der Waals surface area contributed by atoms with E-state index in [1.807, 2.05) is 4.90 Å². The van der Waals surface area contributed by atoms with E-state index in [0.29, 0.717) is 30.6 Å². The second-order valence-corrected chi connectivity index (χ2v) is 7.43. The van der Waals surface area contributed by atoms with Crippen LogP contribution in [-0.2, 0) is 4.79 Å². The van der Waals surface area contributed by atoms with Crippen LogP contribution in [0.4, 0.5) is 0 Å². The van der Waals surface area contributed by atoms with E-state index in [1.54, 1.807) is 6.07 Å². The van der Waals surface area contributed by atoms with Gasteiger partial charge in [0.2, 0.25) is 5.91 Å². The zero-order valence-electron chi connectivity index (χ0n) is 14.0. The molecule has 1 atom stereocenters. The Labute approximate surface area is 142 Å². The quantitative estimate of drug-likeness (QED) is 0.831. The Hall–Kier alpha value is -1.98. The van der Waals surface area contributed by atoms with Gasteiger partial charge in [-0.25, -0.2) is 0 Å². The molecule has 3 aliphatic rings. The summed E-state index contributed by atoms with van der Waals surface area (Å²) in [6.07, 6.45) is 10.6.